The van der Waals surface area contributed by atoms with Crippen molar-refractivity contribution in [3.8, 4) is 5.75 Å². The summed E-state index contributed by atoms with van der Waals surface area (Å²) in [6.07, 6.45) is 3.04. The Kier molecular flexibility index (Phi) is 4.86. The Hall–Kier alpha value is -3.52. The van der Waals surface area contributed by atoms with E-state index in [9.17, 15) is 9.59 Å². The molecule has 4 rings (SSSR count). The van der Waals surface area contributed by atoms with Gasteiger partial charge in [0.15, 0.2) is 0 Å². The van der Waals surface area contributed by atoms with Crippen molar-refractivity contribution in [3.63, 3.8) is 0 Å². The van der Waals surface area contributed by atoms with Crippen LogP contribution in [0.4, 0.5) is 5.69 Å². The number of thiophene rings is 1. The van der Waals surface area contributed by atoms with Gasteiger partial charge in [-0.15, -0.1) is 11.3 Å². The maximum absolute atomic E-state index is 12.8. The Balaban J connectivity index is 1.58. The molecule has 8 heteroatoms. The van der Waals surface area contributed by atoms with Gasteiger partial charge in [0.05, 0.1) is 28.0 Å². The number of carbonyl (C=O) groups excluding carboxylic acids is 1. The number of fused-ring (bicyclic) bond motifs is 1. The highest BCUT2D eigenvalue weighted by Crippen LogP contribution is 2.29. The molecule has 3 heterocycles. The number of aromatic amines is 1. The Morgan fingerprint density at radius 3 is 2.79 bits per heavy atom. The third kappa shape index (κ3) is 3.49. The summed E-state index contributed by atoms with van der Waals surface area (Å²) in [4.78, 5) is 36.7. The summed E-state index contributed by atoms with van der Waals surface area (Å²) in [5, 5.41) is 3.31. The highest BCUT2D eigenvalue weighted by Gasteiger charge is 2.19. The van der Waals surface area contributed by atoms with Crippen molar-refractivity contribution in [1.29, 1.82) is 0 Å². The van der Waals surface area contributed by atoms with Gasteiger partial charge in [0, 0.05) is 6.20 Å². The first kappa shape index (κ1) is 17.9. The first-order chi connectivity index (χ1) is 13.6. The average Bonchev–Trinajstić information content (AvgIpc) is 3.06. The van der Waals surface area contributed by atoms with Crippen LogP contribution in [0.1, 0.15) is 20.9 Å². The van der Waals surface area contributed by atoms with Gasteiger partial charge >= 0.3 is 0 Å². The molecule has 0 aliphatic rings. The largest absolute Gasteiger partial charge is 0.485 e. The smallest absolute Gasteiger partial charge is 0.266 e. The molecule has 28 heavy (non-hydrogen) atoms. The normalized spacial score (nSPS) is 10.8. The number of nitrogens with zero attached hydrogens (tertiary/aromatic N) is 2. The fraction of sp³-hybridized carbons (Fsp3) is 0.100. The van der Waals surface area contributed by atoms with Crippen molar-refractivity contribution in [1.82, 2.24) is 15.0 Å². The minimum absolute atomic E-state index is 0.253. The molecule has 0 spiro atoms. The molecule has 0 aliphatic heterocycles. The third-order valence-electron chi connectivity index (χ3n) is 4.18. The van der Waals surface area contributed by atoms with Crippen molar-refractivity contribution < 1.29 is 9.53 Å². The maximum atomic E-state index is 12.8. The molecule has 0 bridgehead atoms. The lowest BCUT2D eigenvalue weighted by Crippen LogP contribution is -2.13. The average molecular weight is 392 g/mol. The van der Waals surface area contributed by atoms with Crippen LogP contribution >= 0.6 is 11.3 Å². The predicted molar refractivity (Wildman–Crippen MR) is 108 cm³/mol. The second kappa shape index (κ2) is 7.61. The molecule has 1 aromatic carbocycles. The Labute approximate surface area is 164 Å². The molecule has 2 N–H and O–H groups in total. The van der Waals surface area contributed by atoms with Crippen molar-refractivity contribution >= 4 is 33.1 Å². The number of para-hydroxylation sites is 2. The second-order valence-corrected chi connectivity index (χ2v) is 7.03. The van der Waals surface area contributed by atoms with Crippen LogP contribution in [-0.2, 0) is 6.61 Å². The van der Waals surface area contributed by atoms with E-state index in [1.807, 2.05) is 30.3 Å². The van der Waals surface area contributed by atoms with Gasteiger partial charge in [-0.05, 0) is 36.8 Å². The van der Waals surface area contributed by atoms with Crippen LogP contribution in [0.25, 0.3) is 10.2 Å². The second-order valence-electron chi connectivity index (χ2n) is 6.03. The molecule has 0 saturated heterocycles. The SMILES string of the molecule is Cc1c(C(=O)Nc2ccccc2OCc2ccccn2)sc2nc[nH]c(=O)c12. The fourth-order valence-electron chi connectivity index (χ4n) is 2.80. The molecule has 0 fully saturated rings. The van der Waals surface area contributed by atoms with E-state index < -0.39 is 0 Å². The van der Waals surface area contributed by atoms with Crippen LogP contribution in [0.2, 0.25) is 0 Å². The van der Waals surface area contributed by atoms with Gasteiger partial charge in [-0.3, -0.25) is 14.6 Å². The first-order valence-electron chi connectivity index (χ1n) is 8.53. The molecule has 0 radical (unpaired) electrons. The molecule has 0 aliphatic carbocycles. The lowest BCUT2D eigenvalue weighted by atomic mass is 10.2. The molecule has 7 nitrogen and oxygen atoms in total. The minimum Gasteiger partial charge on any atom is -0.485 e. The number of amides is 1. The summed E-state index contributed by atoms with van der Waals surface area (Å²) < 4.78 is 5.83. The zero-order chi connectivity index (χ0) is 19.5. The Morgan fingerprint density at radius 2 is 2.00 bits per heavy atom. The molecule has 140 valence electrons. The molecule has 3 aromatic heterocycles. The Bertz CT molecular complexity index is 1200. The van der Waals surface area contributed by atoms with Gasteiger partial charge in [0.25, 0.3) is 11.5 Å². The van der Waals surface area contributed by atoms with E-state index in [0.717, 1.165) is 5.69 Å². The van der Waals surface area contributed by atoms with Crippen LogP contribution in [0.3, 0.4) is 0 Å². The van der Waals surface area contributed by atoms with Gasteiger partial charge in [-0.25, -0.2) is 4.98 Å². The van der Waals surface area contributed by atoms with E-state index in [1.54, 1.807) is 25.3 Å². The first-order valence-corrected chi connectivity index (χ1v) is 9.35. The van der Waals surface area contributed by atoms with Crippen molar-refractivity contribution in [2.45, 2.75) is 13.5 Å². The zero-order valence-corrected chi connectivity index (χ0v) is 15.7. The van der Waals surface area contributed by atoms with E-state index in [4.69, 9.17) is 4.74 Å². The van der Waals surface area contributed by atoms with Crippen LogP contribution in [0.15, 0.2) is 59.8 Å². The summed E-state index contributed by atoms with van der Waals surface area (Å²) in [6, 6.07) is 12.8. The third-order valence-corrected chi connectivity index (χ3v) is 5.37. The Morgan fingerprint density at radius 1 is 1.18 bits per heavy atom. The van der Waals surface area contributed by atoms with E-state index in [-0.39, 0.29) is 18.1 Å². The summed E-state index contributed by atoms with van der Waals surface area (Å²) in [6.45, 7) is 2.03. The molecular formula is C20H16N4O3S. The number of H-pyrrole nitrogens is 1. The molecule has 1 amide bonds. The predicted octanol–water partition coefficient (Wildman–Crippen LogP) is 3.52. The number of aromatic nitrogens is 3. The van der Waals surface area contributed by atoms with Crippen LogP contribution < -0.4 is 15.6 Å². The number of anilines is 1. The van der Waals surface area contributed by atoms with Crippen LogP contribution in [-0.4, -0.2) is 20.9 Å². The molecule has 4 aromatic rings. The van der Waals surface area contributed by atoms with Crippen molar-refractivity contribution in [2.75, 3.05) is 5.32 Å². The number of rotatable bonds is 5. The molecular weight excluding hydrogens is 376 g/mol. The maximum Gasteiger partial charge on any atom is 0.266 e. The molecule has 0 unspecified atom stereocenters. The van der Waals surface area contributed by atoms with Crippen LogP contribution in [0.5, 0.6) is 5.75 Å². The topological polar surface area (TPSA) is 97.0 Å². The summed E-state index contributed by atoms with van der Waals surface area (Å²) >= 11 is 1.19. The van der Waals surface area contributed by atoms with Crippen LogP contribution in [0, 0.1) is 6.92 Å². The number of aryl methyl sites for hydroxylation is 1. The minimum atomic E-state index is -0.311. The number of hydrogen-bond acceptors (Lipinski definition) is 6. The lowest BCUT2D eigenvalue weighted by molar-refractivity contribution is 0.102. The summed E-state index contributed by atoms with van der Waals surface area (Å²) in [5.41, 5.74) is 1.69. The number of benzene rings is 1. The van der Waals surface area contributed by atoms with Crippen molar-refractivity contribution in [3.05, 3.63) is 81.5 Å². The standard InChI is InChI=1S/C20H16N4O3S/c1-12-16-18(25)22-11-23-20(16)28-17(12)19(26)24-14-7-2-3-8-15(14)27-10-13-6-4-5-9-21-13/h2-9,11H,10H2,1H3,(H,24,26)(H,22,23,25). The van der Waals surface area contributed by atoms with E-state index in [1.165, 1.54) is 17.7 Å². The van der Waals surface area contributed by atoms with E-state index in [0.29, 0.717) is 32.1 Å². The summed E-state index contributed by atoms with van der Waals surface area (Å²) in [5.74, 6) is 0.227. The highest BCUT2D eigenvalue weighted by atomic mass is 32.1. The van der Waals surface area contributed by atoms with Crippen molar-refractivity contribution in [2.24, 2.45) is 0 Å². The quantitative estimate of drug-likeness (QED) is 0.542. The highest BCUT2D eigenvalue weighted by molar-refractivity contribution is 7.20. The number of nitrogens with one attached hydrogen (secondary N) is 2. The van der Waals surface area contributed by atoms with E-state index >= 15 is 0 Å². The zero-order valence-electron chi connectivity index (χ0n) is 14.9. The number of carbonyl (C=O) groups is 1. The number of hydrogen-bond donors (Lipinski definition) is 2. The lowest BCUT2D eigenvalue weighted by Gasteiger charge is -2.12. The van der Waals surface area contributed by atoms with Gasteiger partial charge in [-0.1, -0.05) is 18.2 Å². The van der Waals surface area contributed by atoms with Gasteiger partial charge in [0.1, 0.15) is 17.2 Å². The number of ether oxygens (including phenoxy) is 1. The van der Waals surface area contributed by atoms with Gasteiger partial charge < -0.3 is 15.0 Å². The molecule has 0 atom stereocenters. The van der Waals surface area contributed by atoms with Gasteiger partial charge in [-0.2, -0.15) is 0 Å². The molecule has 0 saturated carbocycles. The monoisotopic (exact) mass is 392 g/mol. The fourth-order valence-corrected chi connectivity index (χ4v) is 3.85. The van der Waals surface area contributed by atoms with E-state index in [2.05, 4.69) is 20.3 Å². The summed E-state index contributed by atoms with van der Waals surface area (Å²) in [7, 11) is 0. The number of pyridine rings is 1. The van der Waals surface area contributed by atoms with Gasteiger partial charge in [0.2, 0.25) is 0 Å².